The zero-order valence-corrected chi connectivity index (χ0v) is 13.3. The van der Waals surface area contributed by atoms with Gasteiger partial charge in [0.05, 0.1) is 11.6 Å². The fraction of sp³-hybridized carbons (Fsp3) is 0.250. The maximum atomic E-state index is 13.1. The van der Waals surface area contributed by atoms with E-state index in [2.05, 4.69) is 5.32 Å². The molecule has 1 amide bonds. The monoisotopic (exact) mass is 338 g/mol. The van der Waals surface area contributed by atoms with Crippen LogP contribution in [0, 0.1) is 5.82 Å². The van der Waals surface area contributed by atoms with E-state index in [1.807, 2.05) is 6.92 Å². The number of ether oxygens (including phenoxy) is 1. The molecule has 2 aromatic rings. The molecule has 1 aromatic carbocycles. The number of rotatable bonds is 6. The lowest BCUT2D eigenvalue weighted by molar-refractivity contribution is -0.116. The van der Waals surface area contributed by atoms with E-state index in [-0.39, 0.29) is 22.9 Å². The minimum atomic E-state index is -0.568. The Morgan fingerprint density at radius 1 is 1.39 bits per heavy atom. The highest BCUT2D eigenvalue weighted by Gasteiger charge is 2.09. The van der Waals surface area contributed by atoms with Crippen LogP contribution in [0.3, 0.4) is 0 Å². The number of hydrogen-bond acceptors (Lipinski definition) is 3. The summed E-state index contributed by atoms with van der Waals surface area (Å²) in [5, 5.41) is 2.47. The molecule has 0 aliphatic carbocycles. The summed E-state index contributed by atoms with van der Waals surface area (Å²) < 4.78 is 19.7. The summed E-state index contributed by atoms with van der Waals surface area (Å²) >= 11 is 5.65. The van der Waals surface area contributed by atoms with Gasteiger partial charge >= 0.3 is 0 Å². The van der Waals surface area contributed by atoms with Crippen LogP contribution in [0.1, 0.15) is 13.3 Å². The number of carbonyl (C=O) groups excluding carboxylic acids is 1. The highest BCUT2D eigenvalue weighted by atomic mass is 35.5. The molecule has 122 valence electrons. The summed E-state index contributed by atoms with van der Waals surface area (Å²) in [6.07, 6.45) is 2.28. The van der Waals surface area contributed by atoms with Gasteiger partial charge in [-0.3, -0.25) is 9.59 Å². The van der Waals surface area contributed by atoms with E-state index >= 15 is 0 Å². The molecule has 0 atom stereocenters. The van der Waals surface area contributed by atoms with Crippen LogP contribution in [0.25, 0.3) is 0 Å². The Labute approximate surface area is 137 Å². The first kappa shape index (κ1) is 17.0. The molecule has 1 heterocycles. The summed E-state index contributed by atoms with van der Waals surface area (Å²) in [5.41, 5.74) is -0.0268. The van der Waals surface area contributed by atoms with Crippen molar-refractivity contribution in [1.82, 2.24) is 4.57 Å². The molecule has 0 spiro atoms. The summed E-state index contributed by atoms with van der Waals surface area (Å²) in [6.45, 7) is 2.18. The molecule has 2 rings (SSSR count). The number of aromatic nitrogens is 1. The first-order chi connectivity index (χ1) is 11.0. The fourth-order valence-electron chi connectivity index (χ4n) is 1.89. The Hall–Kier alpha value is -2.34. The Morgan fingerprint density at radius 2 is 2.17 bits per heavy atom. The van der Waals surface area contributed by atoms with Crippen LogP contribution in [-0.4, -0.2) is 17.1 Å². The number of nitrogens with one attached hydrogen (secondary N) is 1. The number of hydrogen-bond donors (Lipinski definition) is 1. The van der Waals surface area contributed by atoms with Crippen molar-refractivity contribution in [2.24, 2.45) is 0 Å². The number of pyridine rings is 1. The molecule has 0 aliphatic rings. The molecule has 0 radical (unpaired) electrons. The van der Waals surface area contributed by atoms with Gasteiger partial charge in [0.25, 0.3) is 5.56 Å². The largest absolute Gasteiger partial charge is 0.488 e. The van der Waals surface area contributed by atoms with Crippen LogP contribution in [-0.2, 0) is 11.3 Å². The van der Waals surface area contributed by atoms with Gasteiger partial charge in [0, 0.05) is 11.9 Å². The van der Waals surface area contributed by atoms with Crippen LogP contribution >= 0.6 is 11.6 Å². The van der Waals surface area contributed by atoms with Crippen molar-refractivity contribution in [3.05, 3.63) is 57.7 Å². The van der Waals surface area contributed by atoms with Crippen LogP contribution in [0.5, 0.6) is 5.75 Å². The molecule has 1 aromatic heterocycles. The molecule has 1 N–H and O–H groups in total. The highest BCUT2D eigenvalue weighted by molar-refractivity contribution is 6.31. The standard InChI is InChI=1S/C16H16ClFN2O3/c1-2-8-23-14-4-3-7-20(16(14)22)10-15(21)19-11-5-6-13(18)12(17)9-11/h3-7,9H,2,8,10H2,1H3,(H,19,21). The third-order valence-electron chi connectivity index (χ3n) is 2.96. The predicted molar refractivity (Wildman–Crippen MR) is 86.5 cm³/mol. The number of anilines is 1. The van der Waals surface area contributed by atoms with Crippen molar-refractivity contribution >= 4 is 23.2 Å². The van der Waals surface area contributed by atoms with Gasteiger partial charge in [-0.2, -0.15) is 0 Å². The van der Waals surface area contributed by atoms with Gasteiger partial charge in [-0.25, -0.2) is 4.39 Å². The second kappa shape index (κ2) is 7.78. The van der Waals surface area contributed by atoms with E-state index < -0.39 is 11.7 Å². The van der Waals surface area contributed by atoms with Crippen molar-refractivity contribution in [2.45, 2.75) is 19.9 Å². The van der Waals surface area contributed by atoms with Crippen LogP contribution in [0.15, 0.2) is 41.3 Å². The third-order valence-corrected chi connectivity index (χ3v) is 3.25. The number of amides is 1. The molecule has 7 heteroatoms. The number of nitrogens with zero attached hydrogens (tertiary/aromatic N) is 1. The van der Waals surface area contributed by atoms with E-state index in [1.165, 1.54) is 22.9 Å². The summed E-state index contributed by atoms with van der Waals surface area (Å²) in [7, 11) is 0. The van der Waals surface area contributed by atoms with Crippen molar-refractivity contribution in [1.29, 1.82) is 0 Å². The van der Waals surface area contributed by atoms with E-state index in [0.717, 1.165) is 12.5 Å². The molecule has 0 saturated heterocycles. The maximum Gasteiger partial charge on any atom is 0.293 e. The molecule has 0 bridgehead atoms. The summed E-state index contributed by atoms with van der Waals surface area (Å²) in [5.74, 6) is -0.795. The maximum absolute atomic E-state index is 13.1. The minimum absolute atomic E-state index is 0.0880. The van der Waals surface area contributed by atoms with Crippen LogP contribution in [0.2, 0.25) is 5.02 Å². The average Bonchev–Trinajstić information content (AvgIpc) is 2.52. The van der Waals surface area contributed by atoms with Gasteiger partial charge in [0.1, 0.15) is 12.4 Å². The summed E-state index contributed by atoms with van der Waals surface area (Å²) in [6, 6.07) is 7.05. The Bertz CT molecular complexity index is 761. The zero-order valence-electron chi connectivity index (χ0n) is 12.5. The number of halogens is 2. The van der Waals surface area contributed by atoms with Gasteiger partial charge in [-0.1, -0.05) is 18.5 Å². The molecule has 0 saturated carbocycles. The lowest BCUT2D eigenvalue weighted by Gasteiger charge is -2.10. The highest BCUT2D eigenvalue weighted by Crippen LogP contribution is 2.19. The topological polar surface area (TPSA) is 60.3 Å². The lowest BCUT2D eigenvalue weighted by atomic mass is 10.3. The molecule has 0 fully saturated rings. The van der Waals surface area contributed by atoms with E-state index in [4.69, 9.17) is 16.3 Å². The van der Waals surface area contributed by atoms with E-state index in [0.29, 0.717) is 12.3 Å². The summed E-state index contributed by atoms with van der Waals surface area (Å²) in [4.78, 5) is 24.2. The first-order valence-electron chi connectivity index (χ1n) is 7.08. The molecular weight excluding hydrogens is 323 g/mol. The minimum Gasteiger partial charge on any atom is -0.488 e. The fourth-order valence-corrected chi connectivity index (χ4v) is 2.07. The number of benzene rings is 1. The first-order valence-corrected chi connectivity index (χ1v) is 7.46. The molecular formula is C16H16ClFN2O3. The number of carbonyl (C=O) groups is 1. The Kier molecular flexibility index (Phi) is 5.76. The Balaban J connectivity index is 2.08. The predicted octanol–water partition coefficient (Wildman–Crippen LogP) is 3.07. The average molecular weight is 339 g/mol. The second-order valence-electron chi connectivity index (χ2n) is 4.83. The smallest absolute Gasteiger partial charge is 0.293 e. The van der Waals surface area contributed by atoms with E-state index in [9.17, 15) is 14.0 Å². The Morgan fingerprint density at radius 3 is 2.87 bits per heavy atom. The lowest BCUT2D eigenvalue weighted by Crippen LogP contribution is -2.28. The van der Waals surface area contributed by atoms with Crippen LogP contribution in [0.4, 0.5) is 10.1 Å². The van der Waals surface area contributed by atoms with Crippen molar-refractivity contribution in [3.8, 4) is 5.75 Å². The quantitative estimate of drug-likeness (QED) is 0.880. The molecule has 5 nitrogen and oxygen atoms in total. The second-order valence-corrected chi connectivity index (χ2v) is 5.24. The van der Waals surface area contributed by atoms with Crippen molar-refractivity contribution < 1.29 is 13.9 Å². The van der Waals surface area contributed by atoms with Gasteiger partial charge in [0.15, 0.2) is 5.75 Å². The van der Waals surface area contributed by atoms with Gasteiger partial charge in [0.2, 0.25) is 5.91 Å². The van der Waals surface area contributed by atoms with Gasteiger partial charge in [-0.15, -0.1) is 0 Å². The van der Waals surface area contributed by atoms with Gasteiger partial charge in [-0.05, 0) is 36.8 Å². The van der Waals surface area contributed by atoms with Gasteiger partial charge < -0.3 is 14.6 Å². The van der Waals surface area contributed by atoms with Crippen LogP contribution < -0.4 is 15.6 Å². The molecule has 0 unspecified atom stereocenters. The third kappa shape index (κ3) is 4.56. The molecule has 23 heavy (non-hydrogen) atoms. The van der Waals surface area contributed by atoms with Crippen molar-refractivity contribution in [2.75, 3.05) is 11.9 Å². The normalized spacial score (nSPS) is 10.4. The SMILES string of the molecule is CCCOc1cccn(CC(=O)Nc2ccc(F)c(Cl)c2)c1=O. The zero-order chi connectivity index (χ0) is 16.8. The van der Waals surface area contributed by atoms with Crippen molar-refractivity contribution in [3.63, 3.8) is 0 Å². The van der Waals surface area contributed by atoms with E-state index in [1.54, 1.807) is 12.1 Å². The molecule has 0 aliphatic heterocycles.